The number of carbonyl (C=O) groups excluding carboxylic acids is 1. The maximum atomic E-state index is 11.4. The van der Waals surface area contributed by atoms with E-state index in [1.54, 1.807) is 18.2 Å². The van der Waals surface area contributed by atoms with Gasteiger partial charge in [0.05, 0.1) is 16.8 Å². The number of unbranched alkanes of at least 4 members (excludes halogenated alkanes) is 1. The molecule has 2 N–H and O–H groups in total. The molecule has 0 bridgehead atoms. The van der Waals surface area contributed by atoms with Crippen LogP contribution in [-0.2, 0) is 0 Å². The Balaban J connectivity index is 2.45. The fourth-order valence-corrected chi connectivity index (χ4v) is 1.47. The number of anilines is 1. The van der Waals surface area contributed by atoms with E-state index in [2.05, 4.69) is 10.6 Å². The lowest BCUT2D eigenvalue weighted by Crippen LogP contribution is -2.29. The molecule has 0 saturated heterocycles. The van der Waals surface area contributed by atoms with Crippen molar-refractivity contribution in [1.29, 1.82) is 5.26 Å². The van der Waals surface area contributed by atoms with Crippen LogP contribution in [0.15, 0.2) is 18.2 Å². The van der Waals surface area contributed by atoms with Crippen molar-refractivity contribution in [2.24, 2.45) is 0 Å². The molecule has 0 radical (unpaired) electrons. The van der Waals surface area contributed by atoms with Gasteiger partial charge in [0, 0.05) is 18.0 Å². The first-order chi connectivity index (χ1) is 8.13. The summed E-state index contributed by atoms with van der Waals surface area (Å²) in [6, 6.07) is 6.44. The molecule has 2 amide bonds. The van der Waals surface area contributed by atoms with E-state index in [0.29, 0.717) is 35.1 Å². The number of nitrogens with one attached hydrogen (secondary N) is 2. The summed E-state index contributed by atoms with van der Waals surface area (Å²) >= 11 is 11.7. The number of carbonyl (C=O) groups is 1. The Kier molecular flexibility index (Phi) is 5.61. The second kappa shape index (κ2) is 7.00. The maximum absolute atomic E-state index is 11.4. The van der Waals surface area contributed by atoms with Gasteiger partial charge in [0.1, 0.15) is 0 Å². The van der Waals surface area contributed by atoms with Crippen LogP contribution in [-0.4, -0.2) is 12.6 Å². The standard InChI is InChI=1S/C11H11Cl2N3O/c12-8-3-4-9(13)10(7-8)16-11(17)15-6-2-1-5-14/h3-4,7H,1-2,6H2,(H2,15,16,17). The number of hydrogen-bond donors (Lipinski definition) is 2. The molecular formula is C11H11Cl2N3O. The monoisotopic (exact) mass is 271 g/mol. The lowest BCUT2D eigenvalue weighted by molar-refractivity contribution is 0.252. The SMILES string of the molecule is N#CCCCNC(=O)Nc1cc(Cl)ccc1Cl. The molecule has 0 aliphatic carbocycles. The topological polar surface area (TPSA) is 64.9 Å². The summed E-state index contributed by atoms with van der Waals surface area (Å²) in [5.74, 6) is 0. The highest BCUT2D eigenvalue weighted by Gasteiger charge is 2.05. The molecule has 1 aromatic rings. The second-order valence-corrected chi connectivity index (χ2v) is 4.11. The third kappa shape index (κ3) is 4.94. The first kappa shape index (κ1) is 13.6. The van der Waals surface area contributed by atoms with Crippen LogP contribution in [0.4, 0.5) is 10.5 Å². The minimum absolute atomic E-state index is 0.368. The number of amides is 2. The number of nitrogens with zero attached hydrogens (tertiary/aromatic N) is 1. The molecule has 0 fully saturated rings. The third-order valence-electron chi connectivity index (χ3n) is 1.93. The molecule has 17 heavy (non-hydrogen) atoms. The van der Waals surface area contributed by atoms with E-state index in [1.165, 1.54) is 0 Å². The van der Waals surface area contributed by atoms with Crippen LogP contribution in [0.5, 0.6) is 0 Å². The predicted octanol–water partition coefficient (Wildman–Crippen LogP) is 3.42. The van der Waals surface area contributed by atoms with Gasteiger partial charge in [0.15, 0.2) is 0 Å². The van der Waals surface area contributed by atoms with Crippen LogP contribution in [0, 0.1) is 11.3 Å². The number of urea groups is 1. The predicted molar refractivity (Wildman–Crippen MR) is 68.3 cm³/mol. The molecule has 0 aliphatic rings. The largest absolute Gasteiger partial charge is 0.338 e. The third-order valence-corrected chi connectivity index (χ3v) is 2.49. The van der Waals surface area contributed by atoms with Crippen molar-refractivity contribution >= 4 is 34.9 Å². The molecule has 0 atom stereocenters. The normalized spacial score (nSPS) is 9.47. The Morgan fingerprint density at radius 3 is 2.88 bits per heavy atom. The highest BCUT2D eigenvalue weighted by atomic mass is 35.5. The lowest BCUT2D eigenvalue weighted by atomic mass is 10.3. The van der Waals surface area contributed by atoms with Gasteiger partial charge >= 0.3 is 6.03 Å². The number of benzene rings is 1. The smallest absolute Gasteiger partial charge is 0.319 e. The zero-order valence-electron chi connectivity index (χ0n) is 8.96. The molecule has 0 saturated carbocycles. The van der Waals surface area contributed by atoms with Crippen molar-refractivity contribution in [3.05, 3.63) is 28.2 Å². The first-order valence-corrected chi connectivity index (χ1v) is 5.76. The average Bonchev–Trinajstić information content (AvgIpc) is 2.29. The number of rotatable bonds is 4. The molecule has 90 valence electrons. The molecular weight excluding hydrogens is 261 g/mol. The van der Waals surface area contributed by atoms with E-state index in [9.17, 15) is 4.79 Å². The Bertz CT molecular complexity index is 443. The number of nitriles is 1. The maximum Gasteiger partial charge on any atom is 0.319 e. The lowest BCUT2D eigenvalue weighted by Gasteiger charge is -2.08. The van der Waals surface area contributed by atoms with E-state index >= 15 is 0 Å². The molecule has 1 rings (SSSR count). The van der Waals surface area contributed by atoms with Gasteiger partial charge in [0.25, 0.3) is 0 Å². The number of hydrogen-bond acceptors (Lipinski definition) is 2. The second-order valence-electron chi connectivity index (χ2n) is 3.27. The van der Waals surface area contributed by atoms with Crippen molar-refractivity contribution in [1.82, 2.24) is 5.32 Å². The van der Waals surface area contributed by atoms with Crippen LogP contribution in [0.3, 0.4) is 0 Å². The summed E-state index contributed by atoms with van der Waals surface area (Å²) in [5, 5.41) is 14.4. The van der Waals surface area contributed by atoms with Crippen LogP contribution < -0.4 is 10.6 Å². The van der Waals surface area contributed by atoms with E-state index in [1.807, 2.05) is 6.07 Å². The van der Waals surface area contributed by atoms with Gasteiger partial charge in [-0.2, -0.15) is 5.26 Å². The zero-order chi connectivity index (χ0) is 12.7. The fraction of sp³-hybridized carbons (Fsp3) is 0.273. The van der Waals surface area contributed by atoms with Crippen molar-refractivity contribution in [3.63, 3.8) is 0 Å². The Labute approximate surface area is 110 Å². The van der Waals surface area contributed by atoms with Crippen molar-refractivity contribution in [2.75, 3.05) is 11.9 Å². The molecule has 0 unspecified atom stereocenters. The van der Waals surface area contributed by atoms with Gasteiger partial charge in [-0.15, -0.1) is 0 Å². The molecule has 0 heterocycles. The Morgan fingerprint density at radius 2 is 2.18 bits per heavy atom. The Hall–Kier alpha value is -1.44. The molecule has 4 nitrogen and oxygen atoms in total. The Morgan fingerprint density at radius 1 is 1.41 bits per heavy atom. The van der Waals surface area contributed by atoms with Gasteiger partial charge in [-0.05, 0) is 24.6 Å². The van der Waals surface area contributed by atoms with Gasteiger partial charge < -0.3 is 10.6 Å². The zero-order valence-corrected chi connectivity index (χ0v) is 10.5. The molecule has 1 aromatic carbocycles. The van der Waals surface area contributed by atoms with Crippen LogP contribution in [0.25, 0.3) is 0 Å². The van der Waals surface area contributed by atoms with E-state index < -0.39 is 0 Å². The van der Waals surface area contributed by atoms with Gasteiger partial charge in [-0.3, -0.25) is 0 Å². The first-order valence-electron chi connectivity index (χ1n) is 5.00. The van der Waals surface area contributed by atoms with Gasteiger partial charge in [-0.25, -0.2) is 4.79 Å². The average molecular weight is 272 g/mol. The molecule has 0 aliphatic heterocycles. The summed E-state index contributed by atoms with van der Waals surface area (Å²) in [7, 11) is 0. The van der Waals surface area contributed by atoms with Crippen LogP contribution in [0.2, 0.25) is 10.0 Å². The van der Waals surface area contributed by atoms with Crippen LogP contribution in [0.1, 0.15) is 12.8 Å². The highest BCUT2D eigenvalue weighted by molar-refractivity contribution is 6.35. The number of halogens is 2. The summed E-state index contributed by atoms with van der Waals surface area (Å²) in [6.45, 7) is 0.442. The molecule has 0 aromatic heterocycles. The summed E-state index contributed by atoms with van der Waals surface area (Å²) in [6.07, 6.45) is 1.03. The molecule has 6 heteroatoms. The van der Waals surface area contributed by atoms with Gasteiger partial charge in [-0.1, -0.05) is 23.2 Å². The van der Waals surface area contributed by atoms with Crippen LogP contribution >= 0.6 is 23.2 Å². The van der Waals surface area contributed by atoms with Crippen molar-refractivity contribution in [3.8, 4) is 6.07 Å². The fourth-order valence-electron chi connectivity index (χ4n) is 1.13. The molecule has 0 spiro atoms. The minimum atomic E-state index is -0.368. The summed E-state index contributed by atoms with van der Waals surface area (Å²) < 4.78 is 0. The van der Waals surface area contributed by atoms with E-state index in [4.69, 9.17) is 28.5 Å². The van der Waals surface area contributed by atoms with Crippen molar-refractivity contribution < 1.29 is 4.79 Å². The quantitative estimate of drug-likeness (QED) is 0.825. The highest BCUT2D eigenvalue weighted by Crippen LogP contribution is 2.25. The van der Waals surface area contributed by atoms with Crippen molar-refractivity contribution in [2.45, 2.75) is 12.8 Å². The van der Waals surface area contributed by atoms with E-state index in [0.717, 1.165) is 0 Å². The van der Waals surface area contributed by atoms with Gasteiger partial charge in [0.2, 0.25) is 0 Å². The van der Waals surface area contributed by atoms with E-state index in [-0.39, 0.29) is 6.03 Å². The minimum Gasteiger partial charge on any atom is -0.338 e. The summed E-state index contributed by atoms with van der Waals surface area (Å²) in [4.78, 5) is 11.4. The summed E-state index contributed by atoms with van der Waals surface area (Å²) in [5.41, 5.74) is 0.456.